The number of hydrogen-bond acceptors (Lipinski definition) is 4. The van der Waals surface area contributed by atoms with Crippen molar-refractivity contribution in [3.8, 4) is 11.5 Å². The van der Waals surface area contributed by atoms with Gasteiger partial charge < -0.3 is 20.3 Å². The minimum atomic E-state index is -0.948. The normalized spacial score (nSPS) is 11.9. The highest BCUT2D eigenvalue weighted by Crippen LogP contribution is 2.18. The van der Waals surface area contributed by atoms with E-state index in [0.717, 1.165) is 37.4 Å². The number of rotatable bonds is 13. The summed E-state index contributed by atoms with van der Waals surface area (Å²) < 4.78 is 11.3. The molecule has 0 bridgehead atoms. The van der Waals surface area contributed by atoms with Gasteiger partial charge in [-0.05, 0) is 49.9 Å². The molecule has 3 N–H and O–H groups in total. The predicted octanol–water partition coefficient (Wildman–Crippen LogP) is 3.61. The summed E-state index contributed by atoms with van der Waals surface area (Å²) in [6, 6.07) is 6.84. The molecule has 5 heteroatoms. The number of carboxylic acid groups (broad SMARTS) is 1. The van der Waals surface area contributed by atoms with E-state index in [1.165, 1.54) is 19.3 Å². The molecule has 0 heterocycles. The molecule has 5 nitrogen and oxygen atoms in total. The van der Waals surface area contributed by atoms with Crippen molar-refractivity contribution >= 4 is 5.97 Å². The van der Waals surface area contributed by atoms with Crippen molar-refractivity contribution in [1.82, 2.24) is 0 Å². The molecule has 0 amide bonds. The Hall–Kier alpha value is -1.75. The van der Waals surface area contributed by atoms with Crippen molar-refractivity contribution in [3.05, 3.63) is 24.3 Å². The smallest absolute Gasteiger partial charge is 0.320 e. The maximum absolute atomic E-state index is 10.6. The maximum atomic E-state index is 10.6. The third-order valence-corrected chi connectivity index (χ3v) is 3.59. The molecule has 0 fully saturated rings. The molecule has 0 spiro atoms. The maximum Gasteiger partial charge on any atom is 0.320 e. The van der Waals surface area contributed by atoms with Gasteiger partial charge in [0.15, 0.2) is 0 Å². The number of benzene rings is 1. The van der Waals surface area contributed by atoms with Crippen LogP contribution in [0.3, 0.4) is 0 Å². The number of carbonyl (C=O) groups is 1. The zero-order valence-electron chi connectivity index (χ0n) is 14.0. The van der Waals surface area contributed by atoms with Gasteiger partial charge in [-0.1, -0.05) is 26.2 Å². The summed E-state index contributed by atoms with van der Waals surface area (Å²) in [5.74, 6) is 0.711. The van der Waals surface area contributed by atoms with Crippen LogP contribution in [0.2, 0.25) is 0 Å². The molecule has 0 saturated heterocycles. The summed E-state index contributed by atoms with van der Waals surface area (Å²) in [6.45, 7) is 3.51. The molecule has 23 heavy (non-hydrogen) atoms. The second kappa shape index (κ2) is 11.8. The van der Waals surface area contributed by atoms with Gasteiger partial charge in [0.2, 0.25) is 0 Å². The molecular formula is C18H29NO4. The van der Waals surface area contributed by atoms with Gasteiger partial charge in [-0.2, -0.15) is 0 Å². The molecular weight excluding hydrogens is 294 g/mol. The van der Waals surface area contributed by atoms with Gasteiger partial charge in [-0.3, -0.25) is 4.79 Å². The number of carboxylic acids is 1. The lowest BCUT2D eigenvalue weighted by Gasteiger charge is -2.09. The van der Waals surface area contributed by atoms with Gasteiger partial charge in [-0.25, -0.2) is 0 Å². The van der Waals surface area contributed by atoms with Gasteiger partial charge >= 0.3 is 5.97 Å². The fourth-order valence-corrected chi connectivity index (χ4v) is 2.13. The average Bonchev–Trinajstić information content (AvgIpc) is 2.55. The lowest BCUT2D eigenvalue weighted by atomic mass is 10.1. The molecule has 130 valence electrons. The lowest BCUT2D eigenvalue weighted by Crippen LogP contribution is -2.29. The number of ether oxygens (including phenoxy) is 2. The third kappa shape index (κ3) is 9.08. The van der Waals surface area contributed by atoms with Crippen molar-refractivity contribution in [1.29, 1.82) is 0 Å². The largest absolute Gasteiger partial charge is 0.494 e. The number of unbranched alkanes of at least 4 members (excludes halogenated alkanes) is 4. The van der Waals surface area contributed by atoms with Gasteiger partial charge in [-0.15, -0.1) is 0 Å². The van der Waals surface area contributed by atoms with E-state index in [9.17, 15) is 4.79 Å². The topological polar surface area (TPSA) is 81.8 Å². The summed E-state index contributed by atoms with van der Waals surface area (Å²) in [6.07, 6.45) is 6.79. The van der Waals surface area contributed by atoms with E-state index in [0.29, 0.717) is 13.0 Å². The lowest BCUT2D eigenvalue weighted by molar-refractivity contribution is -0.138. The van der Waals surface area contributed by atoms with E-state index >= 15 is 0 Å². The molecule has 0 aliphatic carbocycles. The molecule has 0 saturated carbocycles. The highest BCUT2D eigenvalue weighted by molar-refractivity contribution is 5.72. The molecule has 1 atom stereocenters. The number of aliphatic carboxylic acids is 1. The summed E-state index contributed by atoms with van der Waals surface area (Å²) >= 11 is 0. The molecule has 1 aromatic rings. The SMILES string of the molecule is CCCCCCOc1ccc(OCCCC[C@H](N)C(=O)O)cc1. The highest BCUT2D eigenvalue weighted by atomic mass is 16.5. The van der Waals surface area contributed by atoms with Gasteiger partial charge in [0.1, 0.15) is 17.5 Å². The summed E-state index contributed by atoms with van der Waals surface area (Å²) in [5, 5.41) is 8.68. The Morgan fingerprint density at radius 2 is 1.52 bits per heavy atom. The van der Waals surface area contributed by atoms with Crippen LogP contribution in [0.5, 0.6) is 11.5 Å². The minimum Gasteiger partial charge on any atom is -0.494 e. The van der Waals surface area contributed by atoms with E-state index in [1.54, 1.807) is 0 Å². The fraction of sp³-hybridized carbons (Fsp3) is 0.611. The zero-order chi connectivity index (χ0) is 16.9. The standard InChI is InChI=1S/C18H29NO4/c1-2-3-4-6-13-22-15-9-11-16(12-10-15)23-14-7-5-8-17(19)18(20)21/h9-12,17H,2-8,13-14,19H2,1H3,(H,20,21)/t17-/m0/s1. The third-order valence-electron chi connectivity index (χ3n) is 3.59. The molecule has 1 aromatic carbocycles. The molecule has 0 aromatic heterocycles. The summed E-state index contributed by atoms with van der Waals surface area (Å²) in [4.78, 5) is 10.6. The monoisotopic (exact) mass is 323 g/mol. The first-order valence-electron chi connectivity index (χ1n) is 8.47. The van der Waals surface area contributed by atoms with Crippen molar-refractivity contribution in [2.24, 2.45) is 5.73 Å². The Balaban J connectivity index is 2.13. The Labute approximate surface area is 138 Å². The second-order valence-electron chi connectivity index (χ2n) is 5.67. The Bertz CT molecular complexity index is 433. The van der Waals surface area contributed by atoms with E-state index in [4.69, 9.17) is 20.3 Å². The molecule has 0 unspecified atom stereocenters. The average molecular weight is 323 g/mol. The van der Waals surface area contributed by atoms with Crippen LogP contribution in [-0.4, -0.2) is 30.3 Å². The molecule has 1 rings (SSSR count). The Morgan fingerprint density at radius 3 is 2.00 bits per heavy atom. The first-order chi connectivity index (χ1) is 11.1. The van der Waals surface area contributed by atoms with Crippen LogP contribution < -0.4 is 15.2 Å². The molecule has 0 aliphatic rings. The van der Waals surface area contributed by atoms with Crippen LogP contribution in [0.25, 0.3) is 0 Å². The van der Waals surface area contributed by atoms with Gasteiger partial charge in [0, 0.05) is 0 Å². The summed E-state index contributed by atoms with van der Waals surface area (Å²) in [5.41, 5.74) is 5.44. The van der Waals surface area contributed by atoms with Crippen molar-refractivity contribution in [2.75, 3.05) is 13.2 Å². The first-order valence-corrected chi connectivity index (χ1v) is 8.47. The predicted molar refractivity (Wildman–Crippen MR) is 91.0 cm³/mol. The first kappa shape index (κ1) is 19.3. The number of hydrogen-bond donors (Lipinski definition) is 2. The van der Waals surface area contributed by atoms with Crippen LogP contribution in [0.15, 0.2) is 24.3 Å². The summed E-state index contributed by atoms with van der Waals surface area (Å²) in [7, 11) is 0. The fourth-order valence-electron chi connectivity index (χ4n) is 2.13. The Kier molecular flexibility index (Phi) is 9.87. The number of nitrogens with two attached hydrogens (primary N) is 1. The zero-order valence-corrected chi connectivity index (χ0v) is 14.0. The van der Waals surface area contributed by atoms with Crippen molar-refractivity contribution in [3.63, 3.8) is 0 Å². The van der Waals surface area contributed by atoms with E-state index in [-0.39, 0.29) is 0 Å². The highest BCUT2D eigenvalue weighted by Gasteiger charge is 2.09. The second-order valence-corrected chi connectivity index (χ2v) is 5.67. The van der Waals surface area contributed by atoms with E-state index < -0.39 is 12.0 Å². The van der Waals surface area contributed by atoms with Crippen LogP contribution in [-0.2, 0) is 4.79 Å². The molecule has 0 radical (unpaired) electrons. The van der Waals surface area contributed by atoms with Crippen molar-refractivity contribution in [2.45, 2.75) is 57.9 Å². The van der Waals surface area contributed by atoms with E-state index in [2.05, 4.69) is 6.92 Å². The van der Waals surface area contributed by atoms with Crippen molar-refractivity contribution < 1.29 is 19.4 Å². The van der Waals surface area contributed by atoms with Crippen LogP contribution >= 0.6 is 0 Å². The molecule has 0 aliphatic heterocycles. The van der Waals surface area contributed by atoms with Crippen LogP contribution in [0.4, 0.5) is 0 Å². The van der Waals surface area contributed by atoms with E-state index in [1.807, 2.05) is 24.3 Å². The Morgan fingerprint density at radius 1 is 1.00 bits per heavy atom. The minimum absolute atomic E-state index is 0.476. The van der Waals surface area contributed by atoms with Crippen LogP contribution in [0, 0.1) is 0 Å². The van der Waals surface area contributed by atoms with Crippen LogP contribution in [0.1, 0.15) is 51.9 Å². The van der Waals surface area contributed by atoms with Gasteiger partial charge in [0.25, 0.3) is 0 Å². The van der Waals surface area contributed by atoms with Gasteiger partial charge in [0.05, 0.1) is 13.2 Å². The quantitative estimate of drug-likeness (QED) is 0.542.